The lowest BCUT2D eigenvalue weighted by Crippen LogP contribution is -2.40. The van der Waals surface area contributed by atoms with Gasteiger partial charge in [-0.1, -0.05) is 50.1 Å². The van der Waals surface area contributed by atoms with Crippen molar-refractivity contribution >= 4 is 5.97 Å². The molecule has 104 valence electrons. The molecule has 2 heteroatoms. The highest BCUT2D eigenvalue weighted by Crippen LogP contribution is 2.54. The second-order valence-electron chi connectivity index (χ2n) is 6.39. The van der Waals surface area contributed by atoms with Crippen LogP contribution in [-0.4, -0.2) is 12.6 Å². The van der Waals surface area contributed by atoms with Gasteiger partial charge in [-0.05, 0) is 25.3 Å². The van der Waals surface area contributed by atoms with Gasteiger partial charge in [-0.3, -0.25) is 4.79 Å². The van der Waals surface area contributed by atoms with E-state index < -0.39 is 0 Å². The number of aryl methyl sites for hydroxylation is 1. The van der Waals surface area contributed by atoms with E-state index in [0.29, 0.717) is 6.61 Å². The van der Waals surface area contributed by atoms with Crippen molar-refractivity contribution in [3.8, 4) is 0 Å². The molecule has 1 aromatic carbocycles. The van der Waals surface area contributed by atoms with Crippen molar-refractivity contribution in [2.75, 3.05) is 6.61 Å². The van der Waals surface area contributed by atoms with Crippen LogP contribution in [0.25, 0.3) is 0 Å². The van der Waals surface area contributed by atoms with Gasteiger partial charge in [-0.2, -0.15) is 0 Å². The fourth-order valence-corrected chi connectivity index (χ4v) is 3.32. The summed E-state index contributed by atoms with van der Waals surface area (Å²) in [6.07, 6.45) is 3.47. The molecule has 2 atom stereocenters. The van der Waals surface area contributed by atoms with E-state index in [0.717, 1.165) is 12.8 Å². The Hall–Kier alpha value is -1.31. The normalized spacial score (nSPS) is 30.3. The summed E-state index contributed by atoms with van der Waals surface area (Å²) in [6.45, 7) is 8.68. The summed E-state index contributed by atoms with van der Waals surface area (Å²) in [7, 11) is 0. The van der Waals surface area contributed by atoms with Crippen molar-refractivity contribution in [1.82, 2.24) is 0 Å². The van der Waals surface area contributed by atoms with Crippen LogP contribution in [-0.2, 0) is 14.9 Å². The summed E-state index contributed by atoms with van der Waals surface area (Å²) in [4.78, 5) is 11.1. The van der Waals surface area contributed by atoms with E-state index in [1.54, 1.807) is 0 Å². The average Bonchev–Trinajstić information content (AvgIpc) is 2.66. The minimum Gasteiger partial charge on any atom is -0.465 e. The number of carbonyl (C=O) groups excluding carboxylic acids is 1. The molecule has 0 aromatic heterocycles. The predicted octanol–water partition coefficient (Wildman–Crippen LogP) is 4.01. The molecule has 0 aliphatic heterocycles. The molecule has 0 saturated heterocycles. The molecule has 2 nitrogen and oxygen atoms in total. The highest BCUT2D eigenvalue weighted by atomic mass is 16.5. The molecule has 0 amide bonds. The molecule has 0 heterocycles. The Labute approximate surface area is 116 Å². The third-order valence-corrected chi connectivity index (χ3v) is 5.02. The molecule has 0 bridgehead atoms. The van der Waals surface area contributed by atoms with Crippen molar-refractivity contribution in [3.05, 3.63) is 35.4 Å². The zero-order valence-electron chi connectivity index (χ0n) is 12.5. The minimum atomic E-state index is -0.181. The minimum absolute atomic E-state index is 0.0356. The van der Waals surface area contributed by atoms with Crippen molar-refractivity contribution in [1.29, 1.82) is 0 Å². The van der Waals surface area contributed by atoms with Crippen LogP contribution in [0.1, 0.15) is 51.2 Å². The Morgan fingerprint density at radius 3 is 2.42 bits per heavy atom. The fraction of sp³-hybridized carbons (Fsp3) is 0.588. The van der Waals surface area contributed by atoms with Crippen LogP contribution in [0.3, 0.4) is 0 Å². The second kappa shape index (κ2) is 4.99. The highest BCUT2D eigenvalue weighted by molar-refractivity contribution is 5.66. The Morgan fingerprint density at radius 2 is 1.84 bits per heavy atom. The van der Waals surface area contributed by atoms with Crippen LogP contribution >= 0.6 is 0 Å². The summed E-state index contributed by atoms with van der Waals surface area (Å²) in [5.41, 5.74) is 2.78. The van der Waals surface area contributed by atoms with Crippen LogP contribution in [0.5, 0.6) is 0 Å². The smallest absolute Gasteiger partial charge is 0.302 e. The third-order valence-electron chi connectivity index (χ3n) is 5.02. The number of carbonyl (C=O) groups is 1. The first-order chi connectivity index (χ1) is 8.87. The molecule has 0 spiro atoms. The second-order valence-corrected chi connectivity index (χ2v) is 6.39. The van der Waals surface area contributed by atoms with Gasteiger partial charge in [0.1, 0.15) is 0 Å². The molecule has 1 aromatic rings. The molecule has 1 aliphatic carbocycles. The number of hydrogen-bond acceptors (Lipinski definition) is 2. The van der Waals surface area contributed by atoms with E-state index in [2.05, 4.69) is 45.0 Å². The van der Waals surface area contributed by atoms with Gasteiger partial charge >= 0.3 is 5.97 Å². The lowest BCUT2D eigenvalue weighted by atomic mass is 9.64. The van der Waals surface area contributed by atoms with Crippen LogP contribution in [0.4, 0.5) is 0 Å². The van der Waals surface area contributed by atoms with Crippen LogP contribution in [0.15, 0.2) is 24.3 Å². The van der Waals surface area contributed by atoms with Gasteiger partial charge in [0.05, 0.1) is 6.61 Å². The van der Waals surface area contributed by atoms with Gasteiger partial charge in [-0.15, -0.1) is 0 Å². The Bertz CT molecular complexity index is 463. The van der Waals surface area contributed by atoms with Crippen LogP contribution in [0.2, 0.25) is 0 Å². The van der Waals surface area contributed by atoms with E-state index in [-0.39, 0.29) is 16.8 Å². The van der Waals surface area contributed by atoms with E-state index >= 15 is 0 Å². The molecule has 1 saturated carbocycles. The number of rotatable bonds is 3. The van der Waals surface area contributed by atoms with Gasteiger partial charge < -0.3 is 4.74 Å². The zero-order valence-corrected chi connectivity index (χ0v) is 12.5. The fourth-order valence-electron chi connectivity index (χ4n) is 3.32. The van der Waals surface area contributed by atoms with E-state index in [1.165, 1.54) is 24.5 Å². The van der Waals surface area contributed by atoms with Gasteiger partial charge in [0.25, 0.3) is 0 Å². The Balaban J connectivity index is 2.29. The third kappa shape index (κ3) is 2.54. The highest BCUT2D eigenvalue weighted by Gasteiger charge is 2.50. The molecule has 1 aliphatic rings. The van der Waals surface area contributed by atoms with Crippen molar-refractivity contribution in [3.63, 3.8) is 0 Å². The van der Waals surface area contributed by atoms with Crippen molar-refractivity contribution in [2.45, 2.75) is 52.4 Å². The van der Waals surface area contributed by atoms with Gasteiger partial charge in [-0.25, -0.2) is 0 Å². The molecule has 1 fully saturated rings. The largest absolute Gasteiger partial charge is 0.465 e. The molecular weight excluding hydrogens is 236 g/mol. The maximum absolute atomic E-state index is 11.1. The summed E-state index contributed by atoms with van der Waals surface area (Å²) in [6, 6.07) is 8.80. The molecule has 19 heavy (non-hydrogen) atoms. The average molecular weight is 260 g/mol. The Morgan fingerprint density at radius 1 is 1.21 bits per heavy atom. The summed E-state index contributed by atoms with van der Waals surface area (Å²) < 4.78 is 5.33. The quantitative estimate of drug-likeness (QED) is 0.768. The molecule has 2 rings (SSSR count). The molecule has 0 N–H and O–H groups in total. The SMILES string of the molecule is CC(=O)OCC1(C)CCCC1(C)c1ccc(C)cc1. The van der Waals surface area contributed by atoms with Crippen LogP contribution in [0, 0.1) is 12.3 Å². The molecular formula is C17H24O2. The topological polar surface area (TPSA) is 26.3 Å². The lowest BCUT2D eigenvalue weighted by Gasteiger charge is -2.41. The van der Waals surface area contributed by atoms with Crippen LogP contribution < -0.4 is 0 Å². The number of ether oxygens (including phenoxy) is 1. The predicted molar refractivity (Wildman–Crippen MR) is 77.1 cm³/mol. The van der Waals surface area contributed by atoms with Gasteiger partial charge in [0.15, 0.2) is 0 Å². The first kappa shape index (κ1) is 14.1. The summed E-state index contributed by atoms with van der Waals surface area (Å²) >= 11 is 0. The van der Waals surface area contributed by atoms with Crippen molar-refractivity contribution in [2.24, 2.45) is 5.41 Å². The maximum atomic E-state index is 11.1. The number of benzene rings is 1. The Kier molecular flexibility index (Phi) is 3.71. The summed E-state index contributed by atoms with van der Waals surface area (Å²) in [5.74, 6) is -0.181. The first-order valence-corrected chi connectivity index (χ1v) is 7.08. The standard InChI is InChI=1S/C17H24O2/c1-13-6-8-15(9-7-13)17(4)11-5-10-16(17,3)12-19-14(2)18/h6-9H,5,10-12H2,1-4H3. The van der Waals surface area contributed by atoms with Gasteiger partial charge in [0.2, 0.25) is 0 Å². The van der Waals surface area contributed by atoms with E-state index in [1.807, 2.05) is 0 Å². The first-order valence-electron chi connectivity index (χ1n) is 7.08. The number of hydrogen-bond donors (Lipinski definition) is 0. The molecule has 2 unspecified atom stereocenters. The maximum Gasteiger partial charge on any atom is 0.302 e. The van der Waals surface area contributed by atoms with E-state index in [4.69, 9.17) is 4.74 Å². The molecule has 0 radical (unpaired) electrons. The number of esters is 1. The van der Waals surface area contributed by atoms with Crippen molar-refractivity contribution < 1.29 is 9.53 Å². The van der Waals surface area contributed by atoms with E-state index in [9.17, 15) is 4.79 Å². The monoisotopic (exact) mass is 260 g/mol. The lowest BCUT2D eigenvalue weighted by molar-refractivity contribution is -0.145. The summed E-state index contributed by atoms with van der Waals surface area (Å²) in [5, 5.41) is 0. The zero-order chi connectivity index (χ0) is 14.1. The van der Waals surface area contributed by atoms with Gasteiger partial charge in [0, 0.05) is 17.8 Å².